The van der Waals surface area contributed by atoms with Crippen molar-refractivity contribution in [3.8, 4) is 0 Å². The summed E-state index contributed by atoms with van der Waals surface area (Å²) in [6.45, 7) is 6.16. The Bertz CT molecular complexity index is 330. The number of halogens is 1. The number of nitrogens with zero attached hydrogens (tertiary/aromatic N) is 2. The topological polar surface area (TPSA) is 25.4 Å². The van der Waals surface area contributed by atoms with Gasteiger partial charge < -0.3 is 4.74 Å². The van der Waals surface area contributed by atoms with Crippen LogP contribution >= 0.6 is 22.9 Å². The minimum Gasteiger partial charge on any atom is -0.368 e. The van der Waals surface area contributed by atoms with E-state index in [1.54, 1.807) is 11.3 Å². The minimum atomic E-state index is 0.141. The fraction of sp³-hybridized carbons (Fsp3) is 0.727. The number of aromatic nitrogens is 1. The monoisotopic (exact) mass is 260 g/mol. The van der Waals surface area contributed by atoms with Crippen LogP contribution in [0.5, 0.6) is 0 Å². The van der Waals surface area contributed by atoms with Crippen LogP contribution in [0, 0.1) is 0 Å². The molecule has 0 aromatic carbocycles. The van der Waals surface area contributed by atoms with Gasteiger partial charge in [-0.15, -0.1) is 22.9 Å². The molecule has 0 spiro atoms. The van der Waals surface area contributed by atoms with Gasteiger partial charge in [0.1, 0.15) is 11.1 Å². The van der Waals surface area contributed by atoms with Gasteiger partial charge in [0.2, 0.25) is 0 Å². The highest BCUT2D eigenvalue weighted by atomic mass is 35.5. The van der Waals surface area contributed by atoms with Crippen molar-refractivity contribution >= 4 is 22.9 Å². The normalized spacial score (nSPS) is 22.5. The van der Waals surface area contributed by atoms with Crippen molar-refractivity contribution in [1.82, 2.24) is 9.88 Å². The molecule has 1 aromatic heterocycles. The molecule has 16 heavy (non-hydrogen) atoms. The summed E-state index contributed by atoms with van der Waals surface area (Å²) in [5, 5.41) is 3.08. The lowest BCUT2D eigenvalue weighted by Gasteiger charge is -2.31. The van der Waals surface area contributed by atoms with E-state index in [1.807, 2.05) is 5.38 Å². The predicted octanol–water partition coefficient (Wildman–Crippen LogP) is 2.67. The molecule has 0 N–H and O–H groups in total. The van der Waals surface area contributed by atoms with Crippen molar-refractivity contribution in [1.29, 1.82) is 0 Å². The summed E-state index contributed by atoms with van der Waals surface area (Å²) in [5.74, 6) is 0.488. The predicted molar refractivity (Wildman–Crippen MR) is 67.1 cm³/mol. The minimum absolute atomic E-state index is 0.141. The Balaban J connectivity index is 1.98. The van der Waals surface area contributed by atoms with E-state index in [9.17, 15) is 0 Å². The molecule has 90 valence electrons. The smallest absolute Gasteiger partial charge is 0.123 e. The van der Waals surface area contributed by atoms with Crippen LogP contribution in [0.1, 0.15) is 30.2 Å². The van der Waals surface area contributed by atoms with Crippen molar-refractivity contribution < 1.29 is 4.74 Å². The van der Waals surface area contributed by atoms with Gasteiger partial charge in [0, 0.05) is 18.5 Å². The Kier molecular flexibility index (Phi) is 4.58. The lowest BCUT2D eigenvalue weighted by molar-refractivity contribution is -0.0299. The van der Waals surface area contributed by atoms with E-state index in [4.69, 9.17) is 16.3 Å². The van der Waals surface area contributed by atoms with Gasteiger partial charge in [0.25, 0.3) is 0 Å². The van der Waals surface area contributed by atoms with Crippen molar-refractivity contribution in [2.45, 2.75) is 25.3 Å². The molecule has 2 rings (SSSR count). The van der Waals surface area contributed by atoms with Gasteiger partial charge >= 0.3 is 0 Å². The van der Waals surface area contributed by atoms with Crippen LogP contribution in [0.4, 0.5) is 0 Å². The molecular formula is C11H17ClN2OS. The van der Waals surface area contributed by atoms with E-state index in [-0.39, 0.29) is 6.10 Å². The number of hydrogen-bond donors (Lipinski definition) is 0. The SMILES string of the molecule is CCCN1CCOC(c2nc(CCl)cs2)C1. The maximum atomic E-state index is 5.76. The fourth-order valence-corrected chi connectivity index (χ4v) is 2.99. The third-order valence-electron chi connectivity index (χ3n) is 2.67. The fourth-order valence-electron chi connectivity index (χ4n) is 1.90. The summed E-state index contributed by atoms with van der Waals surface area (Å²) >= 11 is 7.40. The first-order valence-corrected chi connectivity index (χ1v) is 7.09. The van der Waals surface area contributed by atoms with E-state index >= 15 is 0 Å². The van der Waals surface area contributed by atoms with E-state index < -0.39 is 0 Å². The van der Waals surface area contributed by atoms with Crippen molar-refractivity contribution in [3.05, 3.63) is 16.1 Å². The quantitative estimate of drug-likeness (QED) is 0.779. The largest absolute Gasteiger partial charge is 0.368 e. The molecule has 1 aliphatic rings. The number of hydrogen-bond acceptors (Lipinski definition) is 4. The highest BCUT2D eigenvalue weighted by Gasteiger charge is 2.23. The van der Waals surface area contributed by atoms with Crippen LogP contribution in [0.15, 0.2) is 5.38 Å². The van der Waals surface area contributed by atoms with Gasteiger partial charge in [-0.2, -0.15) is 0 Å². The van der Waals surface area contributed by atoms with Crippen LogP contribution in [-0.4, -0.2) is 36.1 Å². The van der Waals surface area contributed by atoms with E-state index in [0.29, 0.717) is 5.88 Å². The van der Waals surface area contributed by atoms with Gasteiger partial charge in [-0.1, -0.05) is 6.92 Å². The van der Waals surface area contributed by atoms with Crippen molar-refractivity contribution in [2.24, 2.45) is 0 Å². The molecule has 0 bridgehead atoms. The summed E-state index contributed by atoms with van der Waals surface area (Å²) in [6, 6.07) is 0. The van der Waals surface area contributed by atoms with Crippen molar-refractivity contribution in [3.63, 3.8) is 0 Å². The molecule has 1 fully saturated rings. The maximum absolute atomic E-state index is 5.76. The lowest BCUT2D eigenvalue weighted by atomic mass is 10.2. The third kappa shape index (κ3) is 2.94. The van der Waals surface area contributed by atoms with Crippen LogP contribution < -0.4 is 0 Å². The van der Waals surface area contributed by atoms with Crippen molar-refractivity contribution in [2.75, 3.05) is 26.2 Å². The number of alkyl halides is 1. The second-order valence-electron chi connectivity index (χ2n) is 3.97. The molecule has 1 aromatic rings. The van der Waals surface area contributed by atoms with Gasteiger partial charge in [-0.05, 0) is 13.0 Å². The van der Waals surface area contributed by atoms with Gasteiger partial charge in [-0.3, -0.25) is 4.90 Å². The summed E-state index contributed by atoms with van der Waals surface area (Å²) in [5.41, 5.74) is 0.956. The molecule has 1 unspecified atom stereocenters. The molecule has 5 heteroatoms. The third-order valence-corrected chi connectivity index (χ3v) is 3.93. The molecule has 0 amide bonds. The molecular weight excluding hydrogens is 244 g/mol. The maximum Gasteiger partial charge on any atom is 0.123 e. The highest BCUT2D eigenvalue weighted by Crippen LogP contribution is 2.25. The Labute approximate surface area is 105 Å². The average Bonchev–Trinajstić information content (AvgIpc) is 2.78. The zero-order chi connectivity index (χ0) is 11.4. The molecule has 0 radical (unpaired) electrons. The summed E-state index contributed by atoms with van der Waals surface area (Å²) in [4.78, 5) is 6.92. The first-order valence-electron chi connectivity index (χ1n) is 5.67. The van der Waals surface area contributed by atoms with Gasteiger partial charge in [-0.25, -0.2) is 4.98 Å². The molecule has 0 saturated carbocycles. The molecule has 1 saturated heterocycles. The molecule has 3 nitrogen and oxygen atoms in total. The second kappa shape index (κ2) is 5.96. The van der Waals surface area contributed by atoms with E-state index in [0.717, 1.165) is 36.9 Å². The number of rotatable bonds is 4. The molecule has 1 aliphatic heterocycles. The first-order chi connectivity index (χ1) is 7.83. The average molecular weight is 261 g/mol. The Hall–Kier alpha value is -0.160. The molecule has 0 aliphatic carbocycles. The summed E-state index contributed by atoms with van der Waals surface area (Å²) in [7, 11) is 0. The standard InChI is InChI=1S/C11H17ClN2OS/c1-2-3-14-4-5-15-10(7-14)11-13-9(6-12)8-16-11/h8,10H,2-7H2,1H3. The zero-order valence-electron chi connectivity index (χ0n) is 9.49. The molecule has 1 atom stereocenters. The molecule has 2 heterocycles. The van der Waals surface area contributed by atoms with Crippen LogP contribution in [0.2, 0.25) is 0 Å². The van der Waals surface area contributed by atoms with Gasteiger partial charge in [0.05, 0.1) is 18.2 Å². The van der Waals surface area contributed by atoms with Crippen LogP contribution in [0.3, 0.4) is 0 Å². The number of morpholine rings is 1. The highest BCUT2D eigenvalue weighted by molar-refractivity contribution is 7.09. The van der Waals surface area contributed by atoms with E-state index in [1.165, 1.54) is 6.42 Å². The summed E-state index contributed by atoms with van der Waals surface area (Å²) < 4.78 is 5.76. The summed E-state index contributed by atoms with van der Waals surface area (Å²) in [6.07, 6.45) is 1.33. The Morgan fingerprint density at radius 3 is 3.25 bits per heavy atom. The Morgan fingerprint density at radius 2 is 2.56 bits per heavy atom. The number of thiazole rings is 1. The van der Waals surface area contributed by atoms with Gasteiger partial charge in [0.15, 0.2) is 0 Å². The van der Waals surface area contributed by atoms with Crippen LogP contribution in [-0.2, 0) is 10.6 Å². The second-order valence-corrected chi connectivity index (χ2v) is 5.13. The number of ether oxygens (including phenoxy) is 1. The zero-order valence-corrected chi connectivity index (χ0v) is 11.1. The first kappa shape index (κ1) is 12.3. The Morgan fingerprint density at radius 1 is 1.69 bits per heavy atom. The lowest BCUT2D eigenvalue weighted by Crippen LogP contribution is -2.38. The van der Waals surface area contributed by atoms with Crippen LogP contribution in [0.25, 0.3) is 0 Å². The van der Waals surface area contributed by atoms with E-state index in [2.05, 4.69) is 16.8 Å².